The van der Waals surface area contributed by atoms with Crippen LogP contribution in [0.4, 0.5) is 0 Å². The molecular formula is C17H28N2. The highest BCUT2D eigenvalue weighted by molar-refractivity contribution is 5.26. The van der Waals surface area contributed by atoms with Crippen LogP contribution in [-0.2, 0) is 6.42 Å². The van der Waals surface area contributed by atoms with Gasteiger partial charge in [-0.2, -0.15) is 0 Å². The molecule has 0 radical (unpaired) electrons. The maximum Gasteiger partial charge on any atom is 0.0488 e. The Morgan fingerprint density at radius 2 is 2.16 bits per heavy atom. The number of hydrogen-bond acceptors (Lipinski definition) is 2. The summed E-state index contributed by atoms with van der Waals surface area (Å²) in [5, 5.41) is 0. The maximum atomic E-state index is 5.86. The molecule has 1 aliphatic rings. The molecule has 1 fully saturated rings. The van der Waals surface area contributed by atoms with Gasteiger partial charge in [0.25, 0.3) is 0 Å². The van der Waals surface area contributed by atoms with E-state index in [0.29, 0.717) is 12.0 Å². The fourth-order valence-electron chi connectivity index (χ4n) is 3.52. The molecule has 106 valence electrons. The molecule has 3 unspecified atom stereocenters. The molecular weight excluding hydrogens is 232 g/mol. The van der Waals surface area contributed by atoms with Crippen LogP contribution in [0.5, 0.6) is 0 Å². The van der Waals surface area contributed by atoms with Gasteiger partial charge in [-0.15, -0.1) is 0 Å². The first-order valence-electron chi connectivity index (χ1n) is 7.83. The monoisotopic (exact) mass is 260 g/mol. The molecule has 2 nitrogen and oxygen atoms in total. The molecule has 1 saturated carbocycles. The molecule has 1 aromatic rings. The van der Waals surface area contributed by atoms with Crippen molar-refractivity contribution in [3.8, 4) is 0 Å². The van der Waals surface area contributed by atoms with E-state index in [4.69, 9.17) is 5.84 Å². The first kappa shape index (κ1) is 14.5. The number of hydrazine groups is 1. The van der Waals surface area contributed by atoms with Crippen LogP contribution >= 0.6 is 0 Å². The highest BCUT2D eigenvalue weighted by Gasteiger charge is 2.28. The van der Waals surface area contributed by atoms with E-state index in [0.717, 1.165) is 12.3 Å². The molecule has 0 saturated heterocycles. The Bertz CT molecular complexity index is 389. The van der Waals surface area contributed by atoms with Gasteiger partial charge >= 0.3 is 0 Å². The van der Waals surface area contributed by atoms with E-state index in [2.05, 4.69) is 43.5 Å². The van der Waals surface area contributed by atoms with Crippen LogP contribution in [0.15, 0.2) is 24.3 Å². The summed E-state index contributed by atoms with van der Waals surface area (Å²) in [6.45, 7) is 4.52. The summed E-state index contributed by atoms with van der Waals surface area (Å²) in [6.07, 6.45) is 7.79. The highest BCUT2D eigenvalue weighted by atomic mass is 15.2. The van der Waals surface area contributed by atoms with E-state index in [9.17, 15) is 0 Å². The second kappa shape index (κ2) is 7.06. The summed E-state index contributed by atoms with van der Waals surface area (Å²) in [5.41, 5.74) is 5.85. The summed E-state index contributed by atoms with van der Waals surface area (Å²) >= 11 is 0. The third-order valence-corrected chi connectivity index (χ3v) is 4.77. The first-order chi connectivity index (χ1) is 9.28. The predicted octanol–water partition coefficient (Wildman–Crippen LogP) is 3.97. The second-order valence-electron chi connectivity index (χ2n) is 5.94. The topological polar surface area (TPSA) is 38.0 Å². The van der Waals surface area contributed by atoms with Gasteiger partial charge in [-0.25, -0.2) is 0 Å². The number of nitrogens with two attached hydrogens (primary N) is 1. The minimum Gasteiger partial charge on any atom is -0.271 e. The molecule has 3 N–H and O–H groups in total. The Labute approximate surface area is 117 Å². The van der Waals surface area contributed by atoms with Gasteiger partial charge in [0.2, 0.25) is 0 Å². The van der Waals surface area contributed by atoms with Crippen molar-refractivity contribution in [1.82, 2.24) is 5.43 Å². The van der Waals surface area contributed by atoms with Gasteiger partial charge in [0.1, 0.15) is 0 Å². The van der Waals surface area contributed by atoms with Gasteiger partial charge in [0.05, 0.1) is 0 Å². The molecule has 3 atom stereocenters. The largest absolute Gasteiger partial charge is 0.271 e. The minimum absolute atomic E-state index is 0.320. The minimum atomic E-state index is 0.320. The summed E-state index contributed by atoms with van der Waals surface area (Å²) in [5.74, 6) is 7.45. The molecule has 0 aromatic heterocycles. The van der Waals surface area contributed by atoms with Gasteiger partial charge in [-0.1, -0.05) is 57.4 Å². The summed E-state index contributed by atoms with van der Waals surface area (Å²) in [6, 6.07) is 9.23. The number of hydrogen-bond donors (Lipinski definition) is 2. The Hall–Kier alpha value is -0.860. The van der Waals surface area contributed by atoms with Crippen LogP contribution in [0.2, 0.25) is 0 Å². The third-order valence-electron chi connectivity index (χ3n) is 4.77. The highest BCUT2D eigenvalue weighted by Crippen LogP contribution is 2.38. The maximum absolute atomic E-state index is 5.86. The fourth-order valence-corrected chi connectivity index (χ4v) is 3.52. The van der Waals surface area contributed by atoms with E-state index in [-0.39, 0.29) is 0 Å². The normalized spacial score (nSPS) is 25.2. The number of aryl methyl sites for hydroxylation is 1. The molecule has 0 bridgehead atoms. The average molecular weight is 260 g/mol. The van der Waals surface area contributed by atoms with E-state index >= 15 is 0 Å². The van der Waals surface area contributed by atoms with Crippen molar-refractivity contribution in [2.45, 2.75) is 58.4 Å². The van der Waals surface area contributed by atoms with Gasteiger partial charge in [-0.3, -0.25) is 11.3 Å². The lowest BCUT2D eigenvalue weighted by Gasteiger charge is -2.34. The zero-order chi connectivity index (χ0) is 13.7. The van der Waals surface area contributed by atoms with E-state index in [1.54, 1.807) is 0 Å². The van der Waals surface area contributed by atoms with Crippen LogP contribution in [0.1, 0.15) is 63.1 Å². The van der Waals surface area contributed by atoms with Gasteiger partial charge in [-0.05, 0) is 42.2 Å². The van der Waals surface area contributed by atoms with Crippen molar-refractivity contribution in [2.75, 3.05) is 0 Å². The Kier molecular flexibility index (Phi) is 5.41. The molecule has 2 heteroatoms. The van der Waals surface area contributed by atoms with Gasteiger partial charge in [0, 0.05) is 6.04 Å². The zero-order valence-electron chi connectivity index (χ0n) is 12.4. The Morgan fingerprint density at radius 1 is 1.32 bits per heavy atom. The van der Waals surface area contributed by atoms with Crippen molar-refractivity contribution >= 4 is 0 Å². The molecule has 2 rings (SSSR count). The predicted molar refractivity (Wildman–Crippen MR) is 81.6 cm³/mol. The quantitative estimate of drug-likeness (QED) is 0.621. The summed E-state index contributed by atoms with van der Waals surface area (Å²) in [4.78, 5) is 0. The van der Waals surface area contributed by atoms with Crippen molar-refractivity contribution in [3.05, 3.63) is 35.4 Å². The standard InChI is InChI=1S/C17H28N2/c1-3-13-7-5-9-15(11-13)17(19-18)16-10-6-8-14(4-2)12-16/h5,7,9,11,14,16-17,19H,3-4,6,8,10,12,18H2,1-2H3. The lowest BCUT2D eigenvalue weighted by Crippen LogP contribution is -2.35. The average Bonchev–Trinajstić information content (AvgIpc) is 2.48. The molecule has 0 spiro atoms. The zero-order valence-corrected chi connectivity index (χ0v) is 12.4. The van der Waals surface area contributed by atoms with E-state index in [1.165, 1.54) is 43.2 Å². The van der Waals surface area contributed by atoms with Crippen LogP contribution in [0.3, 0.4) is 0 Å². The summed E-state index contributed by atoms with van der Waals surface area (Å²) < 4.78 is 0. The van der Waals surface area contributed by atoms with Crippen LogP contribution in [0, 0.1) is 11.8 Å². The van der Waals surface area contributed by atoms with Crippen LogP contribution < -0.4 is 11.3 Å². The summed E-state index contributed by atoms with van der Waals surface area (Å²) in [7, 11) is 0. The van der Waals surface area contributed by atoms with Crippen LogP contribution in [-0.4, -0.2) is 0 Å². The van der Waals surface area contributed by atoms with Crippen molar-refractivity contribution in [2.24, 2.45) is 17.7 Å². The smallest absolute Gasteiger partial charge is 0.0488 e. The molecule has 0 heterocycles. The number of rotatable bonds is 5. The lowest BCUT2D eigenvalue weighted by molar-refractivity contribution is 0.210. The Morgan fingerprint density at radius 3 is 2.84 bits per heavy atom. The van der Waals surface area contributed by atoms with Gasteiger partial charge < -0.3 is 0 Å². The molecule has 1 aliphatic carbocycles. The first-order valence-corrected chi connectivity index (χ1v) is 7.83. The molecule has 0 amide bonds. The fraction of sp³-hybridized carbons (Fsp3) is 0.647. The molecule has 1 aromatic carbocycles. The third kappa shape index (κ3) is 3.58. The number of benzene rings is 1. The van der Waals surface area contributed by atoms with E-state index in [1.807, 2.05) is 0 Å². The van der Waals surface area contributed by atoms with E-state index < -0.39 is 0 Å². The Balaban J connectivity index is 2.13. The van der Waals surface area contributed by atoms with Crippen molar-refractivity contribution in [3.63, 3.8) is 0 Å². The second-order valence-corrected chi connectivity index (χ2v) is 5.94. The van der Waals surface area contributed by atoms with Crippen LogP contribution in [0.25, 0.3) is 0 Å². The lowest BCUT2D eigenvalue weighted by atomic mass is 9.75. The van der Waals surface area contributed by atoms with Crippen molar-refractivity contribution in [1.29, 1.82) is 0 Å². The number of nitrogens with one attached hydrogen (secondary N) is 1. The van der Waals surface area contributed by atoms with Crippen molar-refractivity contribution < 1.29 is 0 Å². The molecule has 19 heavy (non-hydrogen) atoms. The van der Waals surface area contributed by atoms with Gasteiger partial charge in [0.15, 0.2) is 0 Å². The molecule has 0 aliphatic heterocycles. The SMILES string of the molecule is CCc1cccc(C(NN)C2CCCC(CC)C2)c1.